The van der Waals surface area contributed by atoms with Gasteiger partial charge in [-0.3, -0.25) is 9.59 Å². The van der Waals surface area contributed by atoms with Crippen LogP contribution in [0, 0.1) is 0 Å². The second-order valence-corrected chi connectivity index (χ2v) is 4.55. The van der Waals surface area contributed by atoms with E-state index in [1.807, 2.05) is 0 Å². The Balaban J connectivity index is 2.30. The topological polar surface area (TPSA) is 55.4 Å². The highest BCUT2D eigenvalue weighted by Crippen LogP contribution is 2.13. The summed E-state index contributed by atoms with van der Waals surface area (Å²) in [6, 6.07) is 6.81. The number of methoxy groups -OCH3 is 1. The molecule has 1 rings (SSSR count). The summed E-state index contributed by atoms with van der Waals surface area (Å²) < 4.78 is 4.46. The molecule has 4 nitrogen and oxygen atoms in total. The highest BCUT2D eigenvalue weighted by Gasteiger charge is 2.05. The van der Waals surface area contributed by atoms with Crippen LogP contribution in [0.1, 0.15) is 0 Å². The van der Waals surface area contributed by atoms with Gasteiger partial charge in [-0.2, -0.15) is 0 Å². The predicted octanol–water partition coefficient (Wildman–Crippen LogP) is 2.18. The predicted molar refractivity (Wildman–Crippen MR) is 69.4 cm³/mol. The maximum absolute atomic E-state index is 11.5. The second kappa shape index (κ2) is 7.19. The molecule has 1 N–H and O–H groups in total. The quantitative estimate of drug-likeness (QED) is 0.836. The third-order valence-corrected chi connectivity index (χ3v) is 2.97. The summed E-state index contributed by atoms with van der Waals surface area (Å²) in [4.78, 5) is 22.2. The van der Waals surface area contributed by atoms with Crippen LogP contribution in [0.25, 0.3) is 0 Å². The number of amides is 1. The van der Waals surface area contributed by atoms with Gasteiger partial charge in [0.25, 0.3) is 0 Å². The first-order chi connectivity index (χ1) is 8.11. The van der Waals surface area contributed by atoms with Crippen molar-refractivity contribution in [2.45, 2.75) is 0 Å². The Bertz CT molecular complexity index is 394. The van der Waals surface area contributed by atoms with Gasteiger partial charge in [0.1, 0.15) is 0 Å². The normalized spacial score (nSPS) is 9.76. The van der Waals surface area contributed by atoms with Gasteiger partial charge in [-0.15, -0.1) is 11.8 Å². The molecule has 0 saturated heterocycles. The third-order valence-electron chi connectivity index (χ3n) is 1.81. The molecule has 0 bridgehead atoms. The van der Waals surface area contributed by atoms with Crippen molar-refractivity contribution < 1.29 is 14.3 Å². The van der Waals surface area contributed by atoms with Crippen LogP contribution in [-0.2, 0) is 14.3 Å². The maximum Gasteiger partial charge on any atom is 0.315 e. The Morgan fingerprint density at radius 2 is 1.94 bits per heavy atom. The highest BCUT2D eigenvalue weighted by atomic mass is 35.5. The maximum atomic E-state index is 11.5. The molecule has 0 aromatic heterocycles. The number of esters is 1. The SMILES string of the molecule is COC(=O)CSCC(=O)Nc1ccc(Cl)cc1. The standard InChI is InChI=1S/C11H12ClNO3S/c1-16-11(15)7-17-6-10(14)13-9-4-2-8(12)3-5-9/h2-5H,6-7H2,1H3,(H,13,14). The largest absolute Gasteiger partial charge is 0.468 e. The van der Waals surface area contributed by atoms with Gasteiger partial charge in [0.15, 0.2) is 0 Å². The molecule has 1 aromatic carbocycles. The molecule has 1 amide bonds. The Labute approximate surface area is 109 Å². The number of carbonyl (C=O) groups excluding carboxylic acids is 2. The number of nitrogens with one attached hydrogen (secondary N) is 1. The van der Waals surface area contributed by atoms with Crippen molar-refractivity contribution in [1.82, 2.24) is 0 Å². The molecule has 1 aromatic rings. The Hall–Kier alpha value is -1.20. The average Bonchev–Trinajstić information content (AvgIpc) is 2.32. The van der Waals surface area contributed by atoms with Crippen LogP contribution >= 0.6 is 23.4 Å². The molecule has 6 heteroatoms. The summed E-state index contributed by atoms with van der Waals surface area (Å²) in [5.41, 5.74) is 0.679. The molecule has 0 fully saturated rings. The van der Waals surface area contributed by atoms with E-state index in [0.29, 0.717) is 10.7 Å². The minimum absolute atomic E-state index is 0.166. The Morgan fingerprint density at radius 3 is 2.53 bits per heavy atom. The fourth-order valence-corrected chi connectivity index (χ4v) is 1.79. The summed E-state index contributed by atoms with van der Waals surface area (Å²) in [6.07, 6.45) is 0. The molecule has 0 saturated carbocycles. The van der Waals surface area contributed by atoms with Crippen molar-refractivity contribution in [2.24, 2.45) is 0 Å². The van der Waals surface area contributed by atoms with E-state index in [9.17, 15) is 9.59 Å². The van der Waals surface area contributed by atoms with E-state index >= 15 is 0 Å². The van der Waals surface area contributed by atoms with E-state index in [1.165, 1.54) is 18.9 Å². The second-order valence-electron chi connectivity index (χ2n) is 3.12. The van der Waals surface area contributed by atoms with E-state index in [4.69, 9.17) is 11.6 Å². The van der Waals surface area contributed by atoms with Crippen LogP contribution in [0.15, 0.2) is 24.3 Å². The lowest BCUT2D eigenvalue weighted by Gasteiger charge is -2.04. The smallest absolute Gasteiger partial charge is 0.315 e. The van der Waals surface area contributed by atoms with Gasteiger partial charge in [-0.1, -0.05) is 11.6 Å². The van der Waals surface area contributed by atoms with Gasteiger partial charge < -0.3 is 10.1 Å². The lowest BCUT2D eigenvalue weighted by Crippen LogP contribution is -2.15. The van der Waals surface area contributed by atoms with Crippen molar-refractivity contribution >= 4 is 40.9 Å². The fraction of sp³-hybridized carbons (Fsp3) is 0.273. The zero-order chi connectivity index (χ0) is 12.7. The molecular weight excluding hydrogens is 262 g/mol. The number of ether oxygens (including phenoxy) is 1. The number of halogens is 1. The minimum atomic E-state index is -0.339. The van der Waals surface area contributed by atoms with Crippen LogP contribution in [-0.4, -0.2) is 30.5 Å². The van der Waals surface area contributed by atoms with Crippen LogP contribution < -0.4 is 5.32 Å². The number of rotatable bonds is 5. The number of benzene rings is 1. The lowest BCUT2D eigenvalue weighted by atomic mass is 10.3. The molecule has 92 valence electrons. The van der Waals surface area contributed by atoms with E-state index in [2.05, 4.69) is 10.1 Å². The summed E-state index contributed by atoms with van der Waals surface area (Å²) in [7, 11) is 1.32. The van der Waals surface area contributed by atoms with Crippen molar-refractivity contribution in [3.05, 3.63) is 29.3 Å². The summed E-state index contributed by atoms with van der Waals surface area (Å²) in [5.74, 6) is -0.127. The number of carbonyl (C=O) groups is 2. The zero-order valence-electron chi connectivity index (χ0n) is 9.23. The van der Waals surface area contributed by atoms with Crippen LogP contribution in [0.5, 0.6) is 0 Å². The van der Waals surface area contributed by atoms with Crippen LogP contribution in [0.2, 0.25) is 5.02 Å². The van der Waals surface area contributed by atoms with Gasteiger partial charge in [-0.25, -0.2) is 0 Å². The molecule has 0 radical (unpaired) electrons. The van der Waals surface area contributed by atoms with Gasteiger partial charge in [0, 0.05) is 10.7 Å². The lowest BCUT2D eigenvalue weighted by molar-refractivity contribution is -0.137. The first-order valence-corrected chi connectivity index (χ1v) is 6.35. The molecule has 17 heavy (non-hydrogen) atoms. The molecule has 0 aliphatic rings. The number of hydrogen-bond acceptors (Lipinski definition) is 4. The Morgan fingerprint density at radius 1 is 1.29 bits per heavy atom. The minimum Gasteiger partial charge on any atom is -0.468 e. The van der Waals surface area contributed by atoms with Crippen molar-refractivity contribution in [2.75, 3.05) is 23.9 Å². The molecule has 0 spiro atoms. The Kier molecular flexibility index (Phi) is 5.86. The summed E-state index contributed by atoms with van der Waals surface area (Å²) in [5, 5.41) is 3.30. The molecule has 0 atom stereocenters. The summed E-state index contributed by atoms with van der Waals surface area (Å²) >= 11 is 6.92. The van der Waals surface area contributed by atoms with Crippen LogP contribution in [0.3, 0.4) is 0 Å². The van der Waals surface area contributed by atoms with E-state index < -0.39 is 0 Å². The van der Waals surface area contributed by atoms with E-state index in [-0.39, 0.29) is 23.4 Å². The average molecular weight is 274 g/mol. The van der Waals surface area contributed by atoms with E-state index in [1.54, 1.807) is 24.3 Å². The van der Waals surface area contributed by atoms with Crippen LogP contribution in [0.4, 0.5) is 5.69 Å². The molecular formula is C11H12ClNO3S. The molecule has 0 aliphatic heterocycles. The monoisotopic (exact) mass is 273 g/mol. The van der Waals surface area contributed by atoms with Crippen molar-refractivity contribution in [3.8, 4) is 0 Å². The van der Waals surface area contributed by atoms with E-state index in [0.717, 1.165) is 0 Å². The van der Waals surface area contributed by atoms with Crippen molar-refractivity contribution in [3.63, 3.8) is 0 Å². The van der Waals surface area contributed by atoms with Gasteiger partial charge in [-0.05, 0) is 24.3 Å². The molecule has 0 unspecified atom stereocenters. The highest BCUT2D eigenvalue weighted by molar-refractivity contribution is 8.00. The van der Waals surface area contributed by atoms with Gasteiger partial charge >= 0.3 is 5.97 Å². The molecule has 0 heterocycles. The zero-order valence-corrected chi connectivity index (χ0v) is 10.8. The van der Waals surface area contributed by atoms with Crippen molar-refractivity contribution in [1.29, 1.82) is 0 Å². The summed E-state index contributed by atoms with van der Waals surface area (Å²) in [6.45, 7) is 0. The van der Waals surface area contributed by atoms with Gasteiger partial charge in [0.2, 0.25) is 5.91 Å². The number of thioether (sulfide) groups is 1. The fourth-order valence-electron chi connectivity index (χ4n) is 1.02. The molecule has 0 aliphatic carbocycles. The third kappa shape index (κ3) is 5.60. The number of anilines is 1. The number of hydrogen-bond donors (Lipinski definition) is 1. The first kappa shape index (κ1) is 13.9. The van der Waals surface area contributed by atoms with Gasteiger partial charge in [0.05, 0.1) is 18.6 Å². The first-order valence-electron chi connectivity index (χ1n) is 4.82.